The lowest BCUT2D eigenvalue weighted by molar-refractivity contribution is -0.117. The maximum absolute atomic E-state index is 13.0. The SMILES string of the molecule is O=C(Nc1ccc2cncc(CO)c2c1)[C@@H]1CC1c1ccc(S(=O)(=O)Nc2ccc(F)cn2)cc1. The van der Waals surface area contributed by atoms with Gasteiger partial charge in [-0.15, -0.1) is 0 Å². The third kappa shape index (κ3) is 4.84. The Bertz CT molecular complexity index is 1510. The molecule has 0 bridgehead atoms. The fraction of sp³-hybridized carbons (Fsp3) is 0.160. The van der Waals surface area contributed by atoms with Crippen LogP contribution in [0.4, 0.5) is 15.9 Å². The predicted molar refractivity (Wildman–Crippen MR) is 129 cm³/mol. The number of carbonyl (C=O) groups is 1. The third-order valence-electron chi connectivity index (χ3n) is 5.99. The highest BCUT2D eigenvalue weighted by Gasteiger charge is 2.44. The van der Waals surface area contributed by atoms with Gasteiger partial charge in [0, 0.05) is 34.9 Å². The summed E-state index contributed by atoms with van der Waals surface area (Å²) < 4.78 is 40.4. The highest BCUT2D eigenvalue weighted by molar-refractivity contribution is 7.92. The van der Waals surface area contributed by atoms with Crippen molar-refractivity contribution >= 4 is 38.2 Å². The number of rotatable bonds is 7. The number of aliphatic hydroxyl groups excluding tert-OH is 1. The Morgan fingerprint density at radius 3 is 2.57 bits per heavy atom. The largest absolute Gasteiger partial charge is 0.392 e. The summed E-state index contributed by atoms with van der Waals surface area (Å²) in [6.07, 6.45) is 4.89. The Kier molecular flexibility index (Phi) is 5.91. The molecule has 1 aliphatic carbocycles. The lowest BCUT2D eigenvalue weighted by Crippen LogP contribution is -2.15. The van der Waals surface area contributed by atoms with E-state index in [9.17, 15) is 22.7 Å². The van der Waals surface area contributed by atoms with E-state index in [2.05, 4.69) is 20.0 Å². The summed E-state index contributed by atoms with van der Waals surface area (Å²) in [6, 6.07) is 14.2. The van der Waals surface area contributed by atoms with Crippen molar-refractivity contribution in [3.63, 3.8) is 0 Å². The minimum Gasteiger partial charge on any atom is -0.392 e. The molecule has 5 rings (SSSR count). The first-order valence-corrected chi connectivity index (χ1v) is 12.3. The van der Waals surface area contributed by atoms with Gasteiger partial charge < -0.3 is 10.4 Å². The van der Waals surface area contributed by atoms with Crippen LogP contribution in [0, 0.1) is 11.7 Å². The van der Waals surface area contributed by atoms with Crippen LogP contribution in [-0.4, -0.2) is 29.4 Å². The molecule has 3 N–H and O–H groups in total. The van der Waals surface area contributed by atoms with Gasteiger partial charge in [0.25, 0.3) is 10.0 Å². The molecule has 2 heterocycles. The number of nitrogens with one attached hydrogen (secondary N) is 2. The summed E-state index contributed by atoms with van der Waals surface area (Å²) in [5, 5.41) is 14.2. The van der Waals surface area contributed by atoms with Gasteiger partial charge in [-0.1, -0.05) is 18.2 Å². The zero-order valence-electron chi connectivity index (χ0n) is 18.3. The Labute approximate surface area is 200 Å². The Morgan fingerprint density at radius 1 is 1.06 bits per heavy atom. The molecule has 1 aliphatic rings. The molecule has 10 heteroatoms. The van der Waals surface area contributed by atoms with Crippen LogP contribution in [0.2, 0.25) is 0 Å². The molecule has 1 amide bonds. The number of benzene rings is 2. The summed E-state index contributed by atoms with van der Waals surface area (Å²) in [5.74, 6) is -0.881. The number of hydrogen-bond acceptors (Lipinski definition) is 6. The molecule has 1 saturated carbocycles. The molecule has 35 heavy (non-hydrogen) atoms. The van der Waals surface area contributed by atoms with Crippen LogP contribution >= 0.6 is 0 Å². The molecule has 1 unspecified atom stereocenters. The zero-order valence-corrected chi connectivity index (χ0v) is 19.2. The Hall–Kier alpha value is -3.89. The van der Waals surface area contributed by atoms with Crippen LogP contribution in [0.15, 0.2) is 78.1 Å². The van der Waals surface area contributed by atoms with Gasteiger partial charge in [0.15, 0.2) is 0 Å². The highest BCUT2D eigenvalue weighted by Crippen LogP contribution is 2.48. The molecule has 0 radical (unpaired) electrons. The molecule has 8 nitrogen and oxygen atoms in total. The number of carbonyl (C=O) groups excluding carboxylic acids is 1. The second kappa shape index (κ2) is 9.05. The number of fused-ring (bicyclic) bond motifs is 1. The minimum absolute atomic E-state index is 0.00358. The average Bonchev–Trinajstić information content (AvgIpc) is 3.66. The predicted octanol–water partition coefficient (Wildman–Crippen LogP) is 3.80. The lowest BCUT2D eigenvalue weighted by Gasteiger charge is -2.09. The number of amides is 1. The fourth-order valence-corrected chi connectivity index (χ4v) is 5.05. The number of hydrogen-bond donors (Lipinski definition) is 3. The summed E-state index contributed by atoms with van der Waals surface area (Å²) in [7, 11) is -3.88. The topological polar surface area (TPSA) is 121 Å². The van der Waals surface area contributed by atoms with Crippen LogP contribution in [0.1, 0.15) is 23.5 Å². The smallest absolute Gasteiger partial charge is 0.263 e. The zero-order chi connectivity index (χ0) is 24.6. The van der Waals surface area contributed by atoms with E-state index in [-0.39, 0.29) is 35.1 Å². The van der Waals surface area contributed by atoms with Crippen LogP contribution in [0.25, 0.3) is 10.8 Å². The third-order valence-corrected chi connectivity index (χ3v) is 7.36. The fourth-order valence-electron chi connectivity index (χ4n) is 4.04. The molecule has 2 atom stereocenters. The molecule has 2 aromatic heterocycles. The molecule has 2 aromatic carbocycles. The second-order valence-electron chi connectivity index (χ2n) is 8.37. The van der Waals surface area contributed by atoms with Crippen LogP contribution in [0.3, 0.4) is 0 Å². The molecule has 4 aromatic rings. The normalized spacial score (nSPS) is 17.2. The van der Waals surface area contributed by atoms with Crippen LogP contribution in [-0.2, 0) is 21.4 Å². The number of halogens is 1. The van der Waals surface area contributed by atoms with E-state index in [4.69, 9.17) is 0 Å². The first kappa shape index (κ1) is 22.9. The molecular weight excluding hydrogens is 471 g/mol. The first-order valence-electron chi connectivity index (χ1n) is 10.9. The number of anilines is 2. The second-order valence-corrected chi connectivity index (χ2v) is 10.0. The van der Waals surface area contributed by atoms with Crippen LogP contribution in [0.5, 0.6) is 0 Å². The van der Waals surface area contributed by atoms with Crippen LogP contribution < -0.4 is 10.0 Å². The molecular formula is C25H21FN4O4S. The van der Waals surface area contributed by atoms with Gasteiger partial charge >= 0.3 is 0 Å². The molecule has 0 spiro atoms. The summed E-state index contributed by atoms with van der Waals surface area (Å²) in [5.41, 5.74) is 2.19. The van der Waals surface area contributed by atoms with E-state index < -0.39 is 15.8 Å². The summed E-state index contributed by atoms with van der Waals surface area (Å²) in [6.45, 7) is -0.145. The van der Waals surface area contributed by atoms with E-state index in [0.29, 0.717) is 17.7 Å². The molecule has 1 fully saturated rings. The van der Waals surface area contributed by atoms with Gasteiger partial charge in [-0.2, -0.15) is 0 Å². The molecule has 0 saturated heterocycles. The van der Waals surface area contributed by atoms with Gasteiger partial charge in [0.05, 0.1) is 17.7 Å². The number of aliphatic hydroxyl groups is 1. The van der Waals surface area contributed by atoms with Crippen molar-refractivity contribution in [3.05, 3.63) is 90.1 Å². The quantitative estimate of drug-likeness (QED) is 0.361. The molecule has 0 aliphatic heterocycles. The first-order chi connectivity index (χ1) is 16.8. The Balaban J connectivity index is 1.24. The monoisotopic (exact) mass is 492 g/mol. The van der Waals surface area contributed by atoms with Crippen molar-refractivity contribution in [2.24, 2.45) is 5.92 Å². The van der Waals surface area contributed by atoms with Crippen molar-refractivity contribution in [2.75, 3.05) is 10.0 Å². The van der Waals surface area contributed by atoms with Crippen molar-refractivity contribution < 1.29 is 22.7 Å². The number of pyridine rings is 2. The van der Waals surface area contributed by atoms with Crippen molar-refractivity contribution in [3.8, 4) is 0 Å². The van der Waals surface area contributed by atoms with Gasteiger partial charge in [-0.3, -0.25) is 14.5 Å². The highest BCUT2D eigenvalue weighted by atomic mass is 32.2. The van der Waals surface area contributed by atoms with E-state index in [1.807, 2.05) is 12.1 Å². The van der Waals surface area contributed by atoms with Crippen molar-refractivity contribution in [1.29, 1.82) is 0 Å². The van der Waals surface area contributed by atoms with E-state index in [1.165, 1.54) is 18.2 Å². The number of aromatic nitrogens is 2. The van der Waals surface area contributed by atoms with Gasteiger partial charge in [-0.05, 0) is 59.7 Å². The van der Waals surface area contributed by atoms with E-state index in [0.717, 1.165) is 28.6 Å². The maximum Gasteiger partial charge on any atom is 0.263 e. The number of nitrogens with zero attached hydrogens (tertiary/aromatic N) is 2. The lowest BCUT2D eigenvalue weighted by atomic mass is 10.1. The van der Waals surface area contributed by atoms with Crippen molar-refractivity contribution in [2.45, 2.75) is 23.8 Å². The Morgan fingerprint density at radius 2 is 1.86 bits per heavy atom. The molecule has 178 valence electrons. The minimum atomic E-state index is -3.88. The number of sulfonamides is 1. The summed E-state index contributed by atoms with van der Waals surface area (Å²) >= 11 is 0. The van der Waals surface area contributed by atoms with Gasteiger partial charge in [0.1, 0.15) is 11.6 Å². The maximum atomic E-state index is 13.0. The van der Waals surface area contributed by atoms with E-state index in [1.54, 1.807) is 30.6 Å². The van der Waals surface area contributed by atoms with E-state index >= 15 is 0 Å². The standard InChI is InChI=1S/C25H21FN4O4S/c26-18-4-8-24(28-13-18)30-35(33,34)20-6-2-15(3-7-20)22-10-23(22)25(32)29-19-5-1-16-11-27-12-17(14-31)21(16)9-19/h1-9,11-13,22-23,31H,10,14H2,(H,28,30)(H,29,32)/t22?,23-/m1/s1. The summed E-state index contributed by atoms with van der Waals surface area (Å²) in [4.78, 5) is 20.6. The van der Waals surface area contributed by atoms with Gasteiger partial charge in [0.2, 0.25) is 5.91 Å². The average molecular weight is 493 g/mol. The van der Waals surface area contributed by atoms with Crippen molar-refractivity contribution in [1.82, 2.24) is 9.97 Å². The van der Waals surface area contributed by atoms with Gasteiger partial charge in [-0.25, -0.2) is 17.8 Å².